The van der Waals surface area contributed by atoms with Crippen molar-refractivity contribution in [2.75, 3.05) is 26.1 Å². The fraction of sp³-hybridized carbons (Fsp3) is 0.692. The quantitative estimate of drug-likeness (QED) is 0.768. The van der Waals surface area contributed by atoms with E-state index in [4.69, 9.17) is 9.47 Å². The number of ether oxygens (including phenoxy) is 2. The van der Waals surface area contributed by atoms with Gasteiger partial charge in [-0.05, 0) is 13.3 Å². The smallest absolute Gasteiger partial charge is 0.133 e. The van der Waals surface area contributed by atoms with Crippen molar-refractivity contribution in [1.29, 1.82) is 0 Å². The van der Waals surface area contributed by atoms with E-state index >= 15 is 0 Å². The summed E-state index contributed by atoms with van der Waals surface area (Å²) in [5.74, 6) is 1.65. The number of hydrogen-bond donors (Lipinski definition) is 1. The molecule has 18 heavy (non-hydrogen) atoms. The average molecular weight is 253 g/mol. The average Bonchev–Trinajstić information content (AvgIpc) is 2.36. The molecule has 5 nitrogen and oxygen atoms in total. The van der Waals surface area contributed by atoms with E-state index in [0.29, 0.717) is 13.0 Å². The number of anilines is 1. The molecule has 0 radical (unpaired) electrons. The molecule has 0 saturated carbocycles. The van der Waals surface area contributed by atoms with Gasteiger partial charge in [-0.3, -0.25) is 0 Å². The minimum atomic E-state index is 0.113. The van der Waals surface area contributed by atoms with Crippen molar-refractivity contribution in [1.82, 2.24) is 9.97 Å². The van der Waals surface area contributed by atoms with E-state index in [1.807, 2.05) is 13.0 Å². The van der Waals surface area contributed by atoms with Crippen molar-refractivity contribution in [2.24, 2.45) is 0 Å². The van der Waals surface area contributed by atoms with Crippen LogP contribution in [0.2, 0.25) is 0 Å². The van der Waals surface area contributed by atoms with Gasteiger partial charge in [0, 0.05) is 33.3 Å². The van der Waals surface area contributed by atoms with Crippen LogP contribution in [-0.4, -0.2) is 36.8 Å². The summed E-state index contributed by atoms with van der Waals surface area (Å²) in [4.78, 5) is 8.95. The van der Waals surface area contributed by atoms with E-state index in [0.717, 1.165) is 30.3 Å². The zero-order valence-corrected chi connectivity index (χ0v) is 11.7. The Balaban J connectivity index is 2.83. The lowest BCUT2D eigenvalue weighted by Gasteiger charge is -2.12. The lowest BCUT2D eigenvalue weighted by Crippen LogP contribution is -2.14. The van der Waals surface area contributed by atoms with E-state index in [1.165, 1.54) is 0 Å². The molecule has 0 aliphatic carbocycles. The van der Waals surface area contributed by atoms with Crippen LogP contribution in [0, 0.1) is 0 Å². The van der Waals surface area contributed by atoms with Crippen molar-refractivity contribution >= 4 is 5.82 Å². The minimum absolute atomic E-state index is 0.113. The van der Waals surface area contributed by atoms with Gasteiger partial charge in [-0.15, -0.1) is 0 Å². The standard InChI is InChI=1S/C13H23N3O2/c1-5-6-14-12-8-11(9-17-3)15-13(16-12)7-10(2)18-4/h8,10H,5-7,9H2,1-4H3,(H,14,15,16). The third kappa shape index (κ3) is 4.98. The van der Waals surface area contributed by atoms with E-state index in [-0.39, 0.29) is 6.10 Å². The molecule has 0 saturated heterocycles. The molecular formula is C13H23N3O2. The molecule has 1 N–H and O–H groups in total. The SMILES string of the molecule is CCCNc1cc(COC)nc(CC(C)OC)n1. The molecule has 0 spiro atoms. The van der Waals surface area contributed by atoms with Gasteiger partial charge in [0.15, 0.2) is 0 Å². The second-order valence-corrected chi connectivity index (χ2v) is 4.27. The summed E-state index contributed by atoms with van der Waals surface area (Å²) in [5.41, 5.74) is 0.893. The number of rotatable bonds is 8. The Morgan fingerprint density at radius 1 is 1.33 bits per heavy atom. The summed E-state index contributed by atoms with van der Waals surface area (Å²) in [6.07, 6.45) is 1.88. The first-order chi connectivity index (χ1) is 8.69. The van der Waals surface area contributed by atoms with Crippen molar-refractivity contribution in [2.45, 2.75) is 39.4 Å². The van der Waals surface area contributed by atoms with Gasteiger partial charge in [-0.25, -0.2) is 9.97 Å². The first kappa shape index (κ1) is 14.9. The fourth-order valence-electron chi connectivity index (χ4n) is 1.55. The molecule has 0 amide bonds. The highest BCUT2D eigenvalue weighted by Gasteiger charge is 2.08. The van der Waals surface area contributed by atoms with E-state index in [1.54, 1.807) is 14.2 Å². The number of aromatic nitrogens is 2. The van der Waals surface area contributed by atoms with Crippen LogP contribution in [-0.2, 0) is 22.5 Å². The molecule has 0 aliphatic rings. The van der Waals surface area contributed by atoms with Crippen molar-refractivity contribution in [3.05, 3.63) is 17.6 Å². The number of methoxy groups -OCH3 is 2. The van der Waals surface area contributed by atoms with Gasteiger partial charge >= 0.3 is 0 Å². The zero-order chi connectivity index (χ0) is 13.4. The first-order valence-electron chi connectivity index (χ1n) is 6.32. The summed E-state index contributed by atoms with van der Waals surface area (Å²) < 4.78 is 10.4. The van der Waals surface area contributed by atoms with Gasteiger partial charge in [0.1, 0.15) is 11.6 Å². The maximum Gasteiger partial charge on any atom is 0.133 e. The van der Waals surface area contributed by atoms with Gasteiger partial charge < -0.3 is 14.8 Å². The van der Waals surface area contributed by atoms with Crippen molar-refractivity contribution in [3.8, 4) is 0 Å². The van der Waals surface area contributed by atoms with Gasteiger partial charge in [0.2, 0.25) is 0 Å². The van der Waals surface area contributed by atoms with Crippen LogP contribution in [0.25, 0.3) is 0 Å². The molecule has 1 rings (SSSR count). The summed E-state index contributed by atoms with van der Waals surface area (Å²) in [6, 6.07) is 1.93. The van der Waals surface area contributed by atoms with Gasteiger partial charge in [0.05, 0.1) is 18.4 Å². The van der Waals surface area contributed by atoms with Gasteiger partial charge in [-0.1, -0.05) is 6.92 Å². The molecule has 0 aromatic carbocycles. The molecular weight excluding hydrogens is 230 g/mol. The first-order valence-corrected chi connectivity index (χ1v) is 6.32. The minimum Gasteiger partial charge on any atom is -0.381 e. The van der Waals surface area contributed by atoms with E-state index < -0.39 is 0 Å². The molecule has 1 aromatic rings. The Hall–Kier alpha value is -1.20. The van der Waals surface area contributed by atoms with Gasteiger partial charge in [-0.2, -0.15) is 0 Å². The summed E-state index contributed by atoms with van der Waals surface area (Å²) in [5, 5.41) is 3.28. The third-order valence-corrected chi connectivity index (χ3v) is 2.55. The highest BCUT2D eigenvalue weighted by Crippen LogP contribution is 2.10. The summed E-state index contributed by atoms with van der Waals surface area (Å²) >= 11 is 0. The van der Waals surface area contributed by atoms with Gasteiger partial charge in [0.25, 0.3) is 0 Å². The Labute approximate surface area is 109 Å². The molecule has 102 valence electrons. The number of nitrogens with one attached hydrogen (secondary N) is 1. The Kier molecular flexibility index (Phi) is 6.60. The van der Waals surface area contributed by atoms with Crippen LogP contribution in [0.15, 0.2) is 6.07 Å². The topological polar surface area (TPSA) is 56.3 Å². The maximum absolute atomic E-state index is 5.24. The zero-order valence-electron chi connectivity index (χ0n) is 11.7. The Morgan fingerprint density at radius 3 is 2.72 bits per heavy atom. The molecule has 0 fully saturated rings. The predicted octanol–water partition coefficient (Wildman–Crippen LogP) is 2.02. The number of nitrogens with zero attached hydrogens (tertiary/aromatic N) is 2. The number of hydrogen-bond acceptors (Lipinski definition) is 5. The van der Waals surface area contributed by atoms with Crippen LogP contribution in [0.3, 0.4) is 0 Å². The molecule has 1 aromatic heterocycles. The second kappa shape index (κ2) is 8.00. The van der Waals surface area contributed by atoms with Crippen molar-refractivity contribution in [3.63, 3.8) is 0 Å². The Morgan fingerprint density at radius 2 is 2.11 bits per heavy atom. The lowest BCUT2D eigenvalue weighted by atomic mass is 10.2. The van der Waals surface area contributed by atoms with E-state index in [2.05, 4.69) is 22.2 Å². The molecule has 1 heterocycles. The molecule has 0 aliphatic heterocycles. The summed E-state index contributed by atoms with van der Waals surface area (Å²) in [7, 11) is 3.36. The van der Waals surface area contributed by atoms with E-state index in [9.17, 15) is 0 Å². The normalized spacial score (nSPS) is 12.4. The maximum atomic E-state index is 5.24. The monoisotopic (exact) mass is 253 g/mol. The summed E-state index contributed by atoms with van der Waals surface area (Å²) in [6.45, 7) is 5.53. The predicted molar refractivity (Wildman–Crippen MR) is 71.7 cm³/mol. The molecule has 1 unspecified atom stereocenters. The molecule has 0 bridgehead atoms. The van der Waals surface area contributed by atoms with Crippen LogP contribution >= 0.6 is 0 Å². The fourth-order valence-corrected chi connectivity index (χ4v) is 1.55. The largest absolute Gasteiger partial charge is 0.381 e. The Bertz CT molecular complexity index is 358. The highest BCUT2D eigenvalue weighted by atomic mass is 16.5. The lowest BCUT2D eigenvalue weighted by molar-refractivity contribution is 0.116. The molecule has 5 heteroatoms. The highest BCUT2D eigenvalue weighted by molar-refractivity contribution is 5.36. The van der Waals surface area contributed by atoms with Crippen molar-refractivity contribution < 1.29 is 9.47 Å². The van der Waals surface area contributed by atoms with Crippen LogP contribution in [0.4, 0.5) is 5.82 Å². The van der Waals surface area contributed by atoms with Crippen LogP contribution < -0.4 is 5.32 Å². The van der Waals surface area contributed by atoms with Crippen LogP contribution in [0.1, 0.15) is 31.8 Å². The van der Waals surface area contributed by atoms with Crippen LogP contribution in [0.5, 0.6) is 0 Å². The third-order valence-electron chi connectivity index (χ3n) is 2.55. The molecule has 1 atom stereocenters. The second-order valence-electron chi connectivity index (χ2n) is 4.27.